The summed E-state index contributed by atoms with van der Waals surface area (Å²) in [7, 11) is 0. The van der Waals surface area contributed by atoms with E-state index in [0.29, 0.717) is 0 Å². The number of fused-ring (bicyclic) bond motifs is 1. The highest BCUT2D eigenvalue weighted by molar-refractivity contribution is 6.30. The number of benzene rings is 1. The van der Waals surface area contributed by atoms with Crippen LogP contribution in [-0.4, -0.2) is 5.60 Å². The molecule has 98 valence electrons. The molecule has 0 bridgehead atoms. The lowest BCUT2D eigenvalue weighted by molar-refractivity contribution is -0.0139. The second-order valence-corrected chi connectivity index (χ2v) is 6.42. The lowest BCUT2D eigenvalue weighted by atomic mass is 9.73. The van der Waals surface area contributed by atoms with Crippen molar-refractivity contribution in [1.82, 2.24) is 0 Å². The summed E-state index contributed by atoms with van der Waals surface area (Å²) in [4.78, 5) is 0. The molecule has 1 spiro atoms. The fourth-order valence-electron chi connectivity index (χ4n) is 3.58. The Kier molecular flexibility index (Phi) is 3.03. The number of nitrogens with two attached hydrogens (primary N) is 1. The van der Waals surface area contributed by atoms with Gasteiger partial charge in [0.05, 0.1) is 0 Å². The maximum absolute atomic E-state index is 6.33. The summed E-state index contributed by atoms with van der Waals surface area (Å²) in [5.74, 6) is 1.67. The van der Waals surface area contributed by atoms with Gasteiger partial charge in [0.2, 0.25) is 0 Å². The first-order chi connectivity index (χ1) is 8.58. The first kappa shape index (κ1) is 12.3. The van der Waals surface area contributed by atoms with Crippen LogP contribution in [0.25, 0.3) is 0 Å². The molecule has 1 aromatic rings. The molecule has 2 nitrogen and oxygen atoms in total. The minimum absolute atomic E-state index is 0.0298. The lowest BCUT2D eigenvalue weighted by Crippen LogP contribution is -2.46. The van der Waals surface area contributed by atoms with Gasteiger partial charge in [-0.25, -0.2) is 0 Å². The third-order valence-corrected chi connectivity index (χ3v) is 4.57. The van der Waals surface area contributed by atoms with Crippen LogP contribution in [-0.2, 0) is 0 Å². The molecule has 3 heteroatoms. The van der Waals surface area contributed by atoms with Gasteiger partial charge >= 0.3 is 0 Å². The van der Waals surface area contributed by atoms with Gasteiger partial charge in [-0.3, -0.25) is 0 Å². The third-order valence-electron chi connectivity index (χ3n) is 4.34. The van der Waals surface area contributed by atoms with Crippen LogP contribution in [0.1, 0.15) is 50.6 Å². The molecule has 3 atom stereocenters. The molecular formula is C15H20ClNO. The topological polar surface area (TPSA) is 35.2 Å². The van der Waals surface area contributed by atoms with Crippen LogP contribution < -0.4 is 10.5 Å². The van der Waals surface area contributed by atoms with Gasteiger partial charge in [0, 0.05) is 23.0 Å². The van der Waals surface area contributed by atoms with Gasteiger partial charge in [-0.15, -0.1) is 0 Å². The summed E-state index contributed by atoms with van der Waals surface area (Å²) in [6.45, 7) is 2.31. The van der Waals surface area contributed by atoms with Crippen LogP contribution in [0.5, 0.6) is 5.75 Å². The number of hydrogen-bond acceptors (Lipinski definition) is 2. The minimum Gasteiger partial charge on any atom is -0.487 e. The number of ether oxygens (including phenoxy) is 1. The second kappa shape index (κ2) is 4.43. The van der Waals surface area contributed by atoms with Crippen molar-refractivity contribution in [1.29, 1.82) is 0 Å². The Hall–Kier alpha value is -0.730. The maximum Gasteiger partial charge on any atom is 0.125 e. The van der Waals surface area contributed by atoms with E-state index in [9.17, 15) is 0 Å². The molecule has 1 aromatic carbocycles. The molecule has 1 fully saturated rings. The fourth-order valence-corrected chi connectivity index (χ4v) is 3.76. The van der Waals surface area contributed by atoms with Gasteiger partial charge < -0.3 is 10.5 Å². The summed E-state index contributed by atoms with van der Waals surface area (Å²) in [5.41, 5.74) is 7.36. The van der Waals surface area contributed by atoms with E-state index in [2.05, 4.69) is 6.92 Å². The van der Waals surface area contributed by atoms with E-state index in [1.165, 1.54) is 12.8 Å². The zero-order valence-corrected chi connectivity index (χ0v) is 11.5. The van der Waals surface area contributed by atoms with Crippen molar-refractivity contribution in [3.8, 4) is 5.75 Å². The Bertz CT molecular complexity index is 462. The molecular weight excluding hydrogens is 246 g/mol. The van der Waals surface area contributed by atoms with Gasteiger partial charge in [0.15, 0.2) is 0 Å². The van der Waals surface area contributed by atoms with E-state index in [1.54, 1.807) is 0 Å². The molecule has 1 saturated carbocycles. The summed E-state index contributed by atoms with van der Waals surface area (Å²) in [6.07, 6.45) is 5.74. The quantitative estimate of drug-likeness (QED) is 0.767. The molecule has 1 aliphatic heterocycles. The smallest absolute Gasteiger partial charge is 0.125 e. The first-order valence-electron chi connectivity index (χ1n) is 6.82. The highest BCUT2D eigenvalue weighted by Crippen LogP contribution is 2.47. The summed E-state index contributed by atoms with van der Waals surface area (Å²) in [5, 5.41) is 0.737. The van der Waals surface area contributed by atoms with Gasteiger partial charge in [0.25, 0.3) is 0 Å². The molecule has 0 saturated heterocycles. The average Bonchev–Trinajstić information content (AvgIpc) is 2.30. The third kappa shape index (κ3) is 2.12. The van der Waals surface area contributed by atoms with Crippen LogP contribution >= 0.6 is 11.6 Å². The van der Waals surface area contributed by atoms with E-state index in [1.807, 2.05) is 18.2 Å². The Balaban J connectivity index is 1.93. The van der Waals surface area contributed by atoms with Crippen molar-refractivity contribution in [2.45, 2.75) is 50.7 Å². The molecule has 1 aliphatic carbocycles. The Morgan fingerprint density at radius 1 is 1.39 bits per heavy atom. The average molecular weight is 266 g/mol. The Morgan fingerprint density at radius 2 is 2.22 bits per heavy atom. The van der Waals surface area contributed by atoms with E-state index >= 15 is 0 Å². The molecule has 2 aliphatic rings. The van der Waals surface area contributed by atoms with Gasteiger partial charge in [0.1, 0.15) is 11.4 Å². The van der Waals surface area contributed by atoms with E-state index in [0.717, 1.165) is 41.5 Å². The standard InChI is InChI=1S/C15H20ClNO/c1-10-3-2-6-15(8-10)9-13(17)12-7-11(16)4-5-14(12)18-15/h4-5,7,10,13H,2-3,6,8-9,17H2,1H3. The molecule has 2 N–H and O–H groups in total. The predicted octanol–water partition coefficient (Wildman–Crippen LogP) is 4.07. The zero-order chi connectivity index (χ0) is 12.8. The second-order valence-electron chi connectivity index (χ2n) is 5.98. The van der Waals surface area contributed by atoms with Crippen LogP contribution in [0.15, 0.2) is 18.2 Å². The zero-order valence-electron chi connectivity index (χ0n) is 10.8. The van der Waals surface area contributed by atoms with Crippen LogP contribution in [0.3, 0.4) is 0 Å². The maximum atomic E-state index is 6.33. The Labute approximate surface area is 113 Å². The molecule has 1 heterocycles. The molecule has 0 amide bonds. The largest absolute Gasteiger partial charge is 0.487 e. The van der Waals surface area contributed by atoms with Crippen LogP contribution in [0.4, 0.5) is 0 Å². The van der Waals surface area contributed by atoms with E-state index in [-0.39, 0.29) is 11.6 Å². The number of hydrogen-bond donors (Lipinski definition) is 1. The molecule has 18 heavy (non-hydrogen) atoms. The van der Waals surface area contributed by atoms with Gasteiger partial charge in [-0.2, -0.15) is 0 Å². The fraction of sp³-hybridized carbons (Fsp3) is 0.600. The highest BCUT2D eigenvalue weighted by atomic mass is 35.5. The monoisotopic (exact) mass is 265 g/mol. The highest BCUT2D eigenvalue weighted by Gasteiger charge is 2.42. The Morgan fingerprint density at radius 3 is 3.00 bits per heavy atom. The number of rotatable bonds is 0. The summed E-state index contributed by atoms with van der Waals surface area (Å²) in [6, 6.07) is 5.86. The van der Waals surface area contributed by atoms with E-state index < -0.39 is 0 Å². The molecule has 0 radical (unpaired) electrons. The van der Waals surface area contributed by atoms with Crippen molar-refractivity contribution >= 4 is 11.6 Å². The molecule has 0 aromatic heterocycles. The normalized spacial score (nSPS) is 35.1. The summed E-state index contributed by atoms with van der Waals surface area (Å²) < 4.78 is 6.32. The number of halogens is 1. The SMILES string of the molecule is CC1CCCC2(C1)CC(N)c1cc(Cl)ccc1O2. The lowest BCUT2D eigenvalue weighted by Gasteiger charge is -2.45. The minimum atomic E-state index is -0.0298. The summed E-state index contributed by atoms with van der Waals surface area (Å²) >= 11 is 6.03. The predicted molar refractivity (Wildman–Crippen MR) is 74.0 cm³/mol. The van der Waals surface area contributed by atoms with E-state index in [4.69, 9.17) is 22.1 Å². The van der Waals surface area contributed by atoms with Gasteiger partial charge in [-0.05, 0) is 43.4 Å². The van der Waals surface area contributed by atoms with Crippen molar-refractivity contribution < 1.29 is 4.74 Å². The first-order valence-corrected chi connectivity index (χ1v) is 7.20. The van der Waals surface area contributed by atoms with Crippen LogP contribution in [0.2, 0.25) is 5.02 Å². The molecule has 3 rings (SSSR count). The van der Waals surface area contributed by atoms with Gasteiger partial charge in [-0.1, -0.05) is 24.9 Å². The van der Waals surface area contributed by atoms with Crippen molar-refractivity contribution in [2.75, 3.05) is 0 Å². The molecule has 3 unspecified atom stereocenters. The van der Waals surface area contributed by atoms with Crippen molar-refractivity contribution in [3.05, 3.63) is 28.8 Å². The van der Waals surface area contributed by atoms with Crippen molar-refractivity contribution in [3.63, 3.8) is 0 Å². The van der Waals surface area contributed by atoms with Crippen molar-refractivity contribution in [2.24, 2.45) is 11.7 Å². The van der Waals surface area contributed by atoms with Crippen LogP contribution in [0, 0.1) is 5.92 Å².